The van der Waals surface area contributed by atoms with Gasteiger partial charge in [0.25, 0.3) is 0 Å². The summed E-state index contributed by atoms with van der Waals surface area (Å²) in [7, 11) is -2.29. The Morgan fingerprint density at radius 2 is 2.03 bits per heavy atom. The van der Waals surface area contributed by atoms with Crippen molar-refractivity contribution in [3.63, 3.8) is 0 Å². The molecule has 2 aromatic carbocycles. The number of rotatable bonds is 5. The van der Waals surface area contributed by atoms with Crippen LogP contribution in [-0.2, 0) is 16.1 Å². The summed E-state index contributed by atoms with van der Waals surface area (Å²) in [6, 6.07) is 9.87. The molecule has 0 unspecified atom stereocenters. The van der Waals surface area contributed by atoms with Gasteiger partial charge in [-0.05, 0) is 37.6 Å². The fourth-order valence-electron chi connectivity index (χ4n) is 3.07. The highest BCUT2D eigenvalue weighted by Crippen LogP contribution is 2.30. The van der Waals surface area contributed by atoms with Crippen molar-refractivity contribution in [1.82, 2.24) is 9.97 Å². The van der Waals surface area contributed by atoms with Crippen LogP contribution >= 0.6 is 0 Å². The van der Waals surface area contributed by atoms with Crippen LogP contribution in [0, 0.1) is 24.1 Å². The van der Waals surface area contributed by atoms with E-state index in [0.29, 0.717) is 28.9 Å². The number of nitriles is 1. The molecule has 29 heavy (non-hydrogen) atoms. The molecule has 0 aliphatic heterocycles. The van der Waals surface area contributed by atoms with Crippen molar-refractivity contribution in [1.29, 1.82) is 5.26 Å². The molecule has 0 aliphatic rings. The first-order valence-corrected chi connectivity index (χ1v) is 11.3. The zero-order valence-electron chi connectivity index (χ0n) is 16.6. The lowest BCUT2D eigenvalue weighted by molar-refractivity contribution is 0.272. The monoisotopic (exact) mass is 412 g/mol. The number of hydrogen-bond acceptors (Lipinski definition) is 6. The van der Waals surface area contributed by atoms with Crippen molar-refractivity contribution in [2.75, 3.05) is 12.5 Å². The summed E-state index contributed by atoms with van der Waals surface area (Å²) < 4.78 is 35.6. The van der Waals surface area contributed by atoms with Crippen molar-refractivity contribution < 1.29 is 13.3 Å². The number of aryl methyl sites for hydroxylation is 1. The molecule has 3 aromatic rings. The Morgan fingerprint density at radius 1 is 1.28 bits per heavy atom. The van der Waals surface area contributed by atoms with Crippen LogP contribution in [0.2, 0.25) is 0 Å². The topological polar surface area (TPSA) is 88.2 Å². The molecule has 0 amide bonds. The highest BCUT2D eigenvalue weighted by molar-refractivity contribution is 7.92. The number of aromatic nitrogens is 2. The Labute approximate surface area is 169 Å². The number of fused-ring (bicyclic) bond motifs is 1. The zero-order chi connectivity index (χ0) is 21.2. The average molecular weight is 412 g/mol. The molecule has 0 N–H and O–H groups in total. The Kier molecular flexibility index (Phi) is 5.80. The van der Waals surface area contributed by atoms with Crippen molar-refractivity contribution >= 4 is 26.3 Å². The number of halogens is 1. The van der Waals surface area contributed by atoms with E-state index in [4.69, 9.17) is 10.00 Å². The highest BCUT2D eigenvalue weighted by Gasteiger charge is 2.14. The molecule has 0 fully saturated rings. The second kappa shape index (κ2) is 8.13. The summed E-state index contributed by atoms with van der Waals surface area (Å²) in [5.41, 5.74) is 3.65. The van der Waals surface area contributed by atoms with E-state index in [2.05, 4.69) is 14.3 Å². The lowest BCUT2D eigenvalue weighted by atomic mass is 10.0. The van der Waals surface area contributed by atoms with Gasteiger partial charge in [0.1, 0.15) is 24.0 Å². The van der Waals surface area contributed by atoms with Gasteiger partial charge in [0.2, 0.25) is 0 Å². The van der Waals surface area contributed by atoms with Crippen LogP contribution in [-0.4, -0.2) is 32.8 Å². The largest absolute Gasteiger partial charge is 0.475 e. The SMILES string of the molecule is Cc1cc(N=S(C)(C)=O)cc2ncnc(Cc3ccc(F)cc3O[C@@H](C)C#N)c12. The number of hydrogen-bond donors (Lipinski definition) is 0. The normalized spacial score (nSPS) is 12.4. The summed E-state index contributed by atoms with van der Waals surface area (Å²) in [6.45, 7) is 3.52. The molecule has 1 heterocycles. The highest BCUT2D eigenvalue weighted by atomic mass is 32.2. The molecular weight excluding hydrogens is 391 g/mol. The van der Waals surface area contributed by atoms with E-state index < -0.39 is 21.7 Å². The molecule has 150 valence electrons. The predicted molar refractivity (Wildman–Crippen MR) is 111 cm³/mol. The van der Waals surface area contributed by atoms with Gasteiger partial charge in [-0.25, -0.2) is 18.6 Å². The summed E-state index contributed by atoms with van der Waals surface area (Å²) in [4.78, 5) is 8.75. The van der Waals surface area contributed by atoms with Crippen LogP contribution in [0.1, 0.15) is 23.7 Å². The molecular formula is C21H21FN4O2S. The van der Waals surface area contributed by atoms with Gasteiger partial charge in [-0.15, -0.1) is 0 Å². The van der Waals surface area contributed by atoms with Crippen molar-refractivity contribution in [2.24, 2.45) is 4.36 Å². The second-order valence-electron chi connectivity index (χ2n) is 7.07. The van der Waals surface area contributed by atoms with Gasteiger partial charge in [0.15, 0.2) is 6.10 Å². The van der Waals surface area contributed by atoms with Gasteiger partial charge in [-0.1, -0.05) is 6.07 Å². The third kappa shape index (κ3) is 5.06. The van der Waals surface area contributed by atoms with Crippen LogP contribution < -0.4 is 4.74 Å². The van der Waals surface area contributed by atoms with E-state index in [0.717, 1.165) is 16.6 Å². The maximum Gasteiger partial charge on any atom is 0.181 e. The van der Waals surface area contributed by atoms with Crippen LogP contribution in [0.25, 0.3) is 10.9 Å². The van der Waals surface area contributed by atoms with Crippen LogP contribution in [0.4, 0.5) is 10.1 Å². The summed E-state index contributed by atoms with van der Waals surface area (Å²) in [5, 5.41) is 9.87. The van der Waals surface area contributed by atoms with E-state index in [1.807, 2.05) is 19.1 Å². The zero-order valence-corrected chi connectivity index (χ0v) is 17.5. The van der Waals surface area contributed by atoms with Gasteiger partial charge < -0.3 is 4.74 Å². The molecule has 0 saturated carbocycles. The second-order valence-corrected chi connectivity index (χ2v) is 9.61. The maximum atomic E-state index is 13.7. The molecule has 1 aromatic heterocycles. The minimum atomic E-state index is -2.29. The first-order valence-electron chi connectivity index (χ1n) is 8.92. The van der Waals surface area contributed by atoms with Gasteiger partial charge in [0.05, 0.1) is 16.9 Å². The van der Waals surface area contributed by atoms with Crippen molar-refractivity contribution in [2.45, 2.75) is 26.4 Å². The van der Waals surface area contributed by atoms with E-state index in [-0.39, 0.29) is 0 Å². The molecule has 0 saturated heterocycles. The van der Waals surface area contributed by atoms with Crippen LogP contribution in [0.5, 0.6) is 5.75 Å². The third-order valence-electron chi connectivity index (χ3n) is 4.20. The van der Waals surface area contributed by atoms with Gasteiger partial charge in [-0.3, -0.25) is 0 Å². The summed E-state index contributed by atoms with van der Waals surface area (Å²) in [5.74, 6) is -0.126. The number of ether oxygens (including phenoxy) is 1. The fourth-order valence-corrected chi connectivity index (χ4v) is 3.69. The molecule has 0 radical (unpaired) electrons. The number of nitrogens with zero attached hydrogens (tertiary/aromatic N) is 4. The summed E-state index contributed by atoms with van der Waals surface area (Å²) in [6.07, 6.45) is 4.29. The molecule has 6 nitrogen and oxygen atoms in total. The van der Waals surface area contributed by atoms with E-state index in [1.165, 1.54) is 18.5 Å². The van der Waals surface area contributed by atoms with E-state index >= 15 is 0 Å². The minimum absolute atomic E-state index is 0.312. The van der Waals surface area contributed by atoms with Crippen molar-refractivity contribution in [3.8, 4) is 11.8 Å². The lowest BCUT2D eigenvalue weighted by Gasteiger charge is -2.14. The van der Waals surface area contributed by atoms with E-state index in [9.17, 15) is 8.60 Å². The Morgan fingerprint density at radius 3 is 2.72 bits per heavy atom. The number of benzene rings is 2. The summed E-state index contributed by atoms with van der Waals surface area (Å²) >= 11 is 0. The lowest BCUT2D eigenvalue weighted by Crippen LogP contribution is -2.10. The van der Waals surface area contributed by atoms with Crippen LogP contribution in [0.15, 0.2) is 41.0 Å². The Balaban J connectivity index is 2.09. The third-order valence-corrected chi connectivity index (χ3v) is 4.85. The fraction of sp³-hybridized carbons (Fsp3) is 0.286. The molecule has 8 heteroatoms. The molecule has 0 bridgehead atoms. The van der Waals surface area contributed by atoms with Crippen LogP contribution in [0.3, 0.4) is 0 Å². The molecule has 3 rings (SSSR count). The van der Waals surface area contributed by atoms with Crippen molar-refractivity contribution in [3.05, 3.63) is 59.3 Å². The standard InChI is InChI=1S/C21H21FN4O2S/c1-13-7-17(26-29(3,4)27)10-19-21(13)18(24-12-25-19)8-15-5-6-16(22)9-20(15)28-14(2)11-23/h5-7,9-10,12,14H,8H2,1-4H3/t14-/m0/s1. The van der Waals surface area contributed by atoms with Gasteiger partial charge in [-0.2, -0.15) is 9.62 Å². The van der Waals surface area contributed by atoms with Gasteiger partial charge >= 0.3 is 0 Å². The Bertz CT molecular complexity index is 1240. The average Bonchev–Trinajstić information content (AvgIpc) is 2.62. The Hall–Kier alpha value is -3.05. The first kappa shape index (κ1) is 20.7. The molecule has 1 atom stereocenters. The molecule has 0 aliphatic carbocycles. The smallest absolute Gasteiger partial charge is 0.181 e. The van der Waals surface area contributed by atoms with E-state index in [1.54, 1.807) is 31.6 Å². The first-order chi connectivity index (χ1) is 13.7. The van der Waals surface area contributed by atoms with Gasteiger partial charge in [0, 0.05) is 45.7 Å². The quantitative estimate of drug-likeness (QED) is 0.623. The predicted octanol–water partition coefficient (Wildman–Crippen LogP) is 4.32. The maximum absolute atomic E-state index is 13.7. The molecule has 0 spiro atoms. The minimum Gasteiger partial charge on any atom is -0.475 e.